The molecule has 3 heteroatoms. The molecule has 0 N–H and O–H groups in total. The van der Waals surface area contributed by atoms with Crippen LogP contribution in [0.5, 0.6) is 0 Å². The molecule has 1 saturated carbocycles. The van der Waals surface area contributed by atoms with Crippen LogP contribution in [0.2, 0.25) is 0 Å². The molecule has 1 aliphatic carbocycles. The van der Waals surface area contributed by atoms with Crippen LogP contribution in [0.3, 0.4) is 0 Å². The summed E-state index contributed by atoms with van der Waals surface area (Å²) in [6.07, 6.45) is 6.02. The fourth-order valence-electron chi connectivity index (χ4n) is 4.48. The molecule has 3 nitrogen and oxygen atoms in total. The van der Waals surface area contributed by atoms with Crippen LogP contribution in [0.4, 0.5) is 0 Å². The van der Waals surface area contributed by atoms with E-state index in [0.29, 0.717) is 25.0 Å². The number of hydrogen-bond acceptors (Lipinski definition) is 3. The highest BCUT2D eigenvalue weighted by molar-refractivity contribution is 5.69. The summed E-state index contributed by atoms with van der Waals surface area (Å²) in [7, 11) is 0. The Kier molecular flexibility index (Phi) is 3.12. The van der Waals surface area contributed by atoms with Crippen molar-refractivity contribution in [2.75, 3.05) is 19.7 Å². The van der Waals surface area contributed by atoms with Crippen molar-refractivity contribution < 1.29 is 9.53 Å². The van der Waals surface area contributed by atoms with Crippen molar-refractivity contribution in [1.29, 1.82) is 0 Å². The first kappa shape index (κ1) is 11.5. The summed E-state index contributed by atoms with van der Waals surface area (Å²) in [5.41, 5.74) is 0. The van der Waals surface area contributed by atoms with E-state index in [1.54, 1.807) is 0 Å². The van der Waals surface area contributed by atoms with Gasteiger partial charge in [0.2, 0.25) is 0 Å². The number of hydrogen-bond donors (Lipinski definition) is 0. The van der Waals surface area contributed by atoms with E-state index in [0.717, 1.165) is 11.8 Å². The summed E-state index contributed by atoms with van der Waals surface area (Å²) >= 11 is 0. The van der Waals surface area contributed by atoms with Gasteiger partial charge in [0.05, 0.1) is 6.61 Å². The van der Waals surface area contributed by atoms with Crippen LogP contribution in [0, 0.1) is 17.8 Å². The standard InChI is InChI=1S/C14H23NO2/c1-2-17-13(16)9-11-3-4-12-10-5-7-15(8-6-10)14(11)12/h10-12,14H,2-9H2,1H3. The van der Waals surface area contributed by atoms with E-state index in [4.69, 9.17) is 4.74 Å². The largest absolute Gasteiger partial charge is 0.466 e. The third-order valence-electron chi connectivity index (χ3n) is 5.13. The molecule has 4 aliphatic rings. The number of carbonyl (C=O) groups is 1. The first-order valence-electron chi connectivity index (χ1n) is 7.19. The van der Waals surface area contributed by atoms with Crippen LogP contribution in [0.1, 0.15) is 39.0 Å². The highest BCUT2D eigenvalue weighted by atomic mass is 16.5. The van der Waals surface area contributed by atoms with Gasteiger partial charge in [-0.15, -0.1) is 0 Å². The van der Waals surface area contributed by atoms with E-state index in [1.165, 1.54) is 38.8 Å². The number of ether oxygens (including phenoxy) is 1. The molecule has 0 radical (unpaired) electrons. The van der Waals surface area contributed by atoms with Crippen LogP contribution in [0.15, 0.2) is 0 Å². The fourth-order valence-corrected chi connectivity index (χ4v) is 4.48. The van der Waals surface area contributed by atoms with Crippen LogP contribution in [-0.2, 0) is 9.53 Å². The maximum atomic E-state index is 11.6. The minimum Gasteiger partial charge on any atom is -0.466 e. The molecule has 2 bridgehead atoms. The quantitative estimate of drug-likeness (QED) is 0.704. The zero-order chi connectivity index (χ0) is 11.8. The fraction of sp³-hybridized carbons (Fsp3) is 0.929. The molecular formula is C14H23NO2. The summed E-state index contributed by atoms with van der Waals surface area (Å²) in [4.78, 5) is 14.3. The zero-order valence-electron chi connectivity index (χ0n) is 10.7. The SMILES string of the molecule is CCOC(=O)CC1CCC2C3CCN(CC3)C12. The van der Waals surface area contributed by atoms with Gasteiger partial charge in [0.1, 0.15) is 0 Å². The van der Waals surface area contributed by atoms with Crippen molar-refractivity contribution in [1.82, 2.24) is 4.90 Å². The average molecular weight is 237 g/mol. The third-order valence-corrected chi connectivity index (χ3v) is 5.13. The van der Waals surface area contributed by atoms with Gasteiger partial charge < -0.3 is 4.74 Å². The van der Waals surface area contributed by atoms with Crippen molar-refractivity contribution in [3.05, 3.63) is 0 Å². The van der Waals surface area contributed by atoms with Crippen LogP contribution in [0.25, 0.3) is 0 Å². The van der Waals surface area contributed by atoms with E-state index in [9.17, 15) is 4.79 Å². The summed E-state index contributed by atoms with van der Waals surface area (Å²) in [6, 6.07) is 0.701. The number of nitrogens with zero attached hydrogens (tertiary/aromatic N) is 1. The Hall–Kier alpha value is -0.570. The Balaban J connectivity index is 1.66. The van der Waals surface area contributed by atoms with Crippen molar-refractivity contribution in [2.24, 2.45) is 17.8 Å². The molecule has 4 fully saturated rings. The molecule has 0 amide bonds. The lowest BCUT2D eigenvalue weighted by Crippen LogP contribution is -2.54. The maximum absolute atomic E-state index is 11.6. The molecule has 0 spiro atoms. The molecule has 3 unspecified atom stereocenters. The molecule has 3 aliphatic heterocycles. The Morgan fingerprint density at radius 1 is 1.24 bits per heavy atom. The molecule has 3 saturated heterocycles. The second-order valence-corrected chi connectivity index (χ2v) is 5.87. The van der Waals surface area contributed by atoms with Gasteiger partial charge in [-0.25, -0.2) is 0 Å². The minimum atomic E-state index is 0.0146. The van der Waals surface area contributed by atoms with Crippen molar-refractivity contribution in [3.8, 4) is 0 Å². The smallest absolute Gasteiger partial charge is 0.306 e. The van der Waals surface area contributed by atoms with Gasteiger partial charge in [0.25, 0.3) is 0 Å². The van der Waals surface area contributed by atoms with Crippen molar-refractivity contribution in [2.45, 2.75) is 45.1 Å². The molecule has 0 aromatic heterocycles. The molecule has 0 aromatic carbocycles. The molecule has 3 atom stereocenters. The van der Waals surface area contributed by atoms with Crippen LogP contribution < -0.4 is 0 Å². The predicted molar refractivity (Wildman–Crippen MR) is 65.5 cm³/mol. The van der Waals surface area contributed by atoms with E-state index in [-0.39, 0.29) is 5.97 Å². The predicted octanol–water partition coefficient (Wildman–Crippen LogP) is 2.06. The highest BCUT2D eigenvalue weighted by Crippen LogP contribution is 2.49. The summed E-state index contributed by atoms with van der Waals surface area (Å²) in [6.45, 7) is 4.95. The van der Waals surface area contributed by atoms with E-state index >= 15 is 0 Å². The first-order valence-corrected chi connectivity index (χ1v) is 7.19. The minimum absolute atomic E-state index is 0.0146. The van der Waals surface area contributed by atoms with Gasteiger partial charge in [-0.3, -0.25) is 9.69 Å². The number of fused-ring (bicyclic) bond motifs is 2. The van der Waals surface area contributed by atoms with E-state index in [2.05, 4.69) is 4.90 Å². The van der Waals surface area contributed by atoms with Gasteiger partial charge in [-0.05, 0) is 63.5 Å². The topological polar surface area (TPSA) is 29.5 Å². The summed E-state index contributed by atoms with van der Waals surface area (Å²) < 4.78 is 5.11. The summed E-state index contributed by atoms with van der Waals surface area (Å²) in [5.74, 6) is 2.43. The van der Waals surface area contributed by atoms with Crippen molar-refractivity contribution in [3.63, 3.8) is 0 Å². The number of rotatable bonds is 3. The summed E-state index contributed by atoms with van der Waals surface area (Å²) in [5, 5.41) is 0. The van der Waals surface area contributed by atoms with Gasteiger partial charge in [-0.1, -0.05) is 0 Å². The second-order valence-electron chi connectivity index (χ2n) is 5.87. The second kappa shape index (κ2) is 4.60. The van der Waals surface area contributed by atoms with E-state index < -0.39 is 0 Å². The normalized spacial score (nSPS) is 43.5. The van der Waals surface area contributed by atoms with Gasteiger partial charge >= 0.3 is 5.97 Å². The Morgan fingerprint density at radius 3 is 2.71 bits per heavy atom. The highest BCUT2D eigenvalue weighted by Gasteiger charge is 2.49. The van der Waals surface area contributed by atoms with Gasteiger partial charge in [0.15, 0.2) is 0 Å². The Bertz CT molecular complexity index is 297. The van der Waals surface area contributed by atoms with E-state index in [1.807, 2.05) is 6.92 Å². The average Bonchev–Trinajstić information content (AvgIpc) is 2.77. The van der Waals surface area contributed by atoms with Crippen LogP contribution >= 0.6 is 0 Å². The molecule has 0 aromatic rings. The number of esters is 1. The monoisotopic (exact) mass is 237 g/mol. The molecule has 17 heavy (non-hydrogen) atoms. The van der Waals surface area contributed by atoms with Crippen molar-refractivity contribution >= 4 is 5.97 Å². The molecule has 96 valence electrons. The first-order chi connectivity index (χ1) is 8.29. The lowest BCUT2D eigenvalue weighted by atomic mass is 9.73. The van der Waals surface area contributed by atoms with Gasteiger partial charge in [-0.2, -0.15) is 0 Å². The van der Waals surface area contributed by atoms with Gasteiger partial charge in [0, 0.05) is 12.5 Å². The lowest BCUT2D eigenvalue weighted by molar-refractivity contribution is -0.145. The molecule has 3 heterocycles. The lowest BCUT2D eigenvalue weighted by Gasteiger charge is -2.50. The Labute approximate surface area is 104 Å². The zero-order valence-corrected chi connectivity index (χ0v) is 10.7. The number of piperidine rings is 3. The van der Waals surface area contributed by atoms with Crippen LogP contribution in [-0.4, -0.2) is 36.6 Å². The molecular weight excluding hydrogens is 214 g/mol. The third kappa shape index (κ3) is 1.99. The maximum Gasteiger partial charge on any atom is 0.306 e. The Morgan fingerprint density at radius 2 is 2.00 bits per heavy atom. The number of carbonyl (C=O) groups excluding carboxylic acids is 1. The molecule has 4 rings (SSSR count).